The number of benzene rings is 1. The molecular weight excluding hydrogens is 373 g/mol. The van der Waals surface area contributed by atoms with Crippen molar-refractivity contribution in [3.05, 3.63) is 59.7 Å². The molecule has 0 saturated carbocycles. The Bertz CT molecular complexity index is 1010. The van der Waals surface area contributed by atoms with Gasteiger partial charge in [0.25, 0.3) is 5.91 Å². The molecule has 1 atom stereocenters. The summed E-state index contributed by atoms with van der Waals surface area (Å²) < 4.78 is 39.9. The fourth-order valence-corrected chi connectivity index (χ4v) is 4.31. The summed E-state index contributed by atoms with van der Waals surface area (Å²) >= 11 is 0. The van der Waals surface area contributed by atoms with Gasteiger partial charge in [-0.25, -0.2) is 17.1 Å². The summed E-state index contributed by atoms with van der Waals surface area (Å²) in [5.41, 5.74) is -0.856. The molecule has 1 amide bonds. The van der Waals surface area contributed by atoms with Crippen molar-refractivity contribution in [1.82, 2.24) is 14.6 Å². The van der Waals surface area contributed by atoms with E-state index in [1.165, 1.54) is 38.4 Å². The molecule has 0 radical (unpaired) electrons. The van der Waals surface area contributed by atoms with Crippen molar-refractivity contribution in [2.45, 2.75) is 12.5 Å². The van der Waals surface area contributed by atoms with E-state index in [0.29, 0.717) is 0 Å². The molecule has 2 heterocycles. The highest BCUT2D eigenvalue weighted by atomic mass is 32.2. The Morgan fingerprint density at radius 1 is 1.37 bits per heavy atom. The second-order valence-corrected chi connectivity index (χ2v) is 8.39. The van der Waals surface area contributed by atoms with Gasteiger partial charge in [0, 0.05) is 24.5 Å². The van der Waals surface area contributed by atoms with E-state index in [1.54, 1.807) is 12.1 Å². The van der Waals surface area contributed by atoms with Gasteiger partial charge >= 0.3 is 0 Å². The minimum atomic E-state index is -3.78. The van der Waals surface area contributed by atoms with Gasteiger partial charge in [0.15, 0.2) is 0 Å². The van der Waals surface area contributed by atoms with Gasteiger partial charge in [0.2, 0.25) is 16.0 Å². The van der Waals surface area contributed by atoms with Crippen molar-refractivity contribution in [2.75, 3.05) is 18.1 Å². The highest BCUT2D eigenvalue weighted by Crippen LogP contribution is 2.31. The second-order valence-electron chi connectivity index (χ2n) is 6.39. The number of halogens is 1. The van der Waals surface area contributed by atoms with Gasteiger partial charge in [-0.1, -0.05) is 6.07 Å². The first-order valence-electron chi connectivity index (χ1n) is 7.98. The van der Waals surface area contributed by atoms with Gasteiger partial charge in [-0.3, -0.25) is 15.2 Å². The Morgan fingerprint density at radius 2 is 2.11 bits per heavy atom. The number of carbonyl (C=O) groups is 1. The molecule has 1 aromatic carbocycles. The number of nitrogens with zero attached hydrogens (tertiary/aromatic N) is 2. The van der Waals surface area contributed by atoms with Crippen molar-refractivity contribution in [2.24, 2.45) is 0 Å². The van der Waals surface area contributed by atoms with Crippen LogP contribution in [-0.2, 0) is 15.6 Å². The predicted molar refractivity (Wildman–Crippen MR) is 98.4 cm³/mol. The van der Waals surface area contributed by atoms with Crippen LogP contribution in [0.4, 0.5) is 10.1 Å². The third-order valence-corrected chi connectivity index (χ3v) is 6.27. The van der Waals surface area contributed by atoms with Gasteiger partial charge in [0.05, 0.1) is 11.3 Å². The summed E-state index contributed by atoms with van der Waals surface area (Å²) in [6, 6.07) is 8.75. The van der Waals surface area contributed by atoms with Crippen molar-refractivity contribution < 1.29 is 17.6 Å². The first-order chi connectivity index (χ1) is 12.6. The Labute approximate surface area is 156 Å². The number of sulfonamides is 1. The average Bonchev–Trinajstić information content (AvgIpc) is 2.61. The number of hydrogen-bond acceptors (Lipinski definition) is 5. The summed E-state index contributed by atoms with van der Waals surface area (Å²) in [5.74, 6) is -1.91. The van der Waals surface area contributed by atoms with Crippen LogP contribution in [0.25, 0.3) is 0 Å². The topological polar surface area (TPSA) is 115 Å². The van der Waals surface area contributed by atoms with Crippen molar-refractivity contribution in [3.8, 4) is 0 Å². The van der Waals surface area contributed by atoms with Gasteiger partial charge in [-0.2, -0.15) is 0 Å². The van der Waals surface area contributed by atoms with Crippen LogP contribution in [0, 0.1) is 11.2 Å². The van der Waals surface area contributed by atoms with Crippen LogP contribution >= 0.6 is 0 Å². The van der Waals surface area contributed by atoms with Gasteiger partial charge in [-0.15, -0.1) is 0 Å². The number of anilines is 1. The maximum Gasteiger partial charge on any atom is 0.274 e. The predicted octanol–water partition coefficient (Wildman–Crippen LogP) is 1.49. The lowest BCUT2D eigenvalue weighted by molar-refractivity contribution is 0.102. The maximum atomic E-state index is 14.5. The van der Waals surface area contributed by atoms with Gasteiger partial charge < -0.3 is 10.6 Å². The molecule has 1 fully saturated rings. The van der Waals surface area contributed by atoms with Crippen LogP contribution in [0.2, 0.25) is 0 Å². The van der Waals surface area contributed by atoms with E-state index >= 15 is 0 Å². The average molecular weight is 391 g/mol. The molecule has 27 heavy (non-hydrogen) atoms. The summed E-state index contributed by atoms with van der Waals surface area (Å²) in [5, 5.41) is 13.2. The maximum absolute atomic E-state index is 14.5. The van der Waals surface area contributed by atoms with E-state index in [-0.39, 0.29) is 22.9 Å². The lowest BCUT2D eigenvalue weighted by Crippen LogP contribution is -2.61. The fraction of sp³-hybridized carbons (Fsp3) is 0.235. The molecule has 2 aromatic rings. The van der Waals surface area contributed by atoms with E-state index in [0.717, 1.165) is 10.4 Å². The summed E-state index contributed by atoms with van der Waals surface area (Å²) in [7, 11) is -2.53. The Hall–Kier alpha value is -3.01. The third kappa shape index (κ3) is 3.61. The van der Waals surface area contributed by atoms with Crippen LogP contribution < -0.4 is 10.6 Å². The third-order valence-electron chi connectivity index (χ3n) is 4.31. The largest absolute Gasteiger partial charge is 0.345 e. The van der Waals surface area contributed by atoms with Crippen LogP contribution in [0.5, 0.6) is 0 Å². The van der Waals surface area contributed by atoms with E-state index < -0.39 is 33.0 Å². The first-order valence-corrected chi connectivity index (χ1v) is 9.59. The monoisotopic (exact) mass is 391 g/mol. The van der Waals surface area contributed by atoms with Crippen LogP contribution in [0.15, 0.2) is 42.6 Å². The molecular formula is C17H18FN5O3S. The molecule has 142 valence electrons. The summed E-state index contributed by atoms with van der Waals surface area (Å²) in [6.07, 6.45) is 1.48. The van der Waals surface area contributed by atoms with Gasteiger partial charge in [0.1, 0.15) is 11.5 Å². The van der Waals surface area contributed by atoms with E-state index in [9.17, 15) is 17.6 Å². The summed E-state index contributed by atoms with van der Waals surface area (Å²) in [4.78, 5) is 16.2. The molecule has 3 N–H and O–H groups in total. The smallest absolute Gasteiger partial charge is 0.274 e. The van der Waals surface area contributed by atoms with Crippen molar-refractivity contribution >= 4 is 27.6 Å². The minimum Gasteiger partial charge on any atom is -0.345 e. The lowest BCUT2D eigenvalue weighted by atomic mass is 9.93. The molecule has 8 nitrogen and oxygen atoms in total. The molecule has 0 unspecified atom stereocenters. The molecule has 1 aliphatic rings. The van der Waals surface area contributed by atoms with Crippen molar-refractivity contribution in [1.29, 1.82) is 5.41 Å². The Morgan fingerprint density at radius 3 is 2.74 bits per heavy atom. The highest BCUT2D eigenvalue weighted by molar-refractivity contribution is 7.89. The number of guanidine groups is 1. The normalized spacial score (nSPS) is 21.4. The zero-order valence-corrected chi connectivity index (χ0v) is 15.5. The van der Waals surface area contributed by atoms with E-state index in [4.69, 9.17) is 5.41 Å². The van der Waals surface area contributed by atoms with Crippen LogP contribution in [0.1, 0.15) is 23.0 Å². The second kappa shape index (κ2) is 6.62. The quantitative estimate of drug-likeness (QED) is 0.733. The van der Waals surface area contributed by atoms with E-state index in [1.807, 2.05) is 0 Å². The number of pyridine rings is 1. The molecule has 1 saturated heterocycles. The lowest BCUT2D eigenvalue weighted by Gasteiger charge is -2.40. The van der Waals surface area contributed by atoms with Crippen LogP contribution in [0.3, 0.4) is 0 Å². The number of hydrogen-bond donors (Lipinski definition) is 3. The molecule has 10 heteroatoms. The molecule has 0 bridgehead atoms. The fourth-order valence-electron chi connectivity index (χ4n) is 2.84. The number of nitrogens with one attached hydrogen (secondary N) is 3. The Kier molecular flexibility index (Phi) is 4.60. The SMILES string of the molecule is CN1C(=N)N[C@](C)(c2cc(NC(=O)c3ccccn3)ccc2F)CS1(=O)=O. The standard InChI is InChI=1S/C17H18FN5O3S/c1-17(10-27(25,26)23(2)16(19)22-17)12-9-11(6-7-13(12)18)21-15(24)14-5-3-4-8-20-14/h3-9H,10H2,1-2H3,(H2,19,22)(H,21,24)/t17-/m0/s1. The zero-order valence-electron chi connectivity index (χ0n) is 14.7. The van der Waals surface area contributed by atoms with Gasteiger partial charge in [-0.05, 0) is 37.3 Å². The zero-order chi connectivity index (χ0) is 19.8. The highest BCUT2D eigenvalue weighted by Gasteiger charge is 2.43. The first kappa shape index (κ1) is 18.8. The minimum absolute atomic E-state index is 0.0303. The molecule has 1 aromatic heterocycles. The van der Waals surface area contributed by atoms with E-state index in [2.05, 4.69) is 15.6 Å². The number of amides is 1. The van der Waals surface area contributed by atoms with Crippen molar-refractivity contribution in [3.63, 3.8) is 0 Å². The number of carbonyl (C=O) groups excluding carboxylic acids is 1. The number of rotatable bonds is 3. The summed E-state index contributed by atoms with van der Waals surface area (Å²) in [6.45, 7) is 1.49. The molecule has 3 rings (SSSR count). The molecule has 0 aliphatic carbocycles. The number of aromatic nitrogens is 1. The Balaban J connectivity index is 1.94. The molecule has 1 aliphatic heterocycles. The molecule has 0 spiro atoms. The van der Waals surface area contributed by atoms with Crippen LogP contribution in [-0.4, -0.2) is 42.4 Å².